The van der Waals surface area contributed by atoms with E-state index in [0.29, 0.717) is 5.92 Å². The largest absolute Gasteiger partial charge is 0.0625 e. The SMILES string of the molecule is Cc1ccc(-c2ccc(-c3ccc(CC(C)C)cc3)cc2)cc1. The lowest BCUT2D eigenvalue weighted by Crippen LogP contribution is -1.93. The van der Waals surface area contributed by atoms with E-state index in [9.17, 15) is 0 Å². The highest BCUT2D eigenvalue weighted by Gasteiger charge is 2.02. The van der Waals surface area contributed by atoms with E-state index in [1.807, 2.05) is 0 Å². The fraction of sp³-hybridized carbons (Fsp3) is 0.217. The third kappa shape index (κ3) is 3.90. The van der Waals surface area contributed by atoms with Gasteiger partial charge < -0.3 is 0 Å². The van der Waals surface area contributed by atoms with Crippen molar-refractivity contribution in [2.75, 3.05) is 0 Å². The summed E-state index contributed by atoms with van der Waals surface area (Å²) in [6.07, 6.45) is 1.15. The normalized spacial score (nSPS) is 11.0. The van der Waals surface area contributed by atoms with E-state index in [2.05, 4.69) is 93.6 Å². The quantitative estimate of drug-likeness (QED) is 0.514. The minimum atomic E-state index is 0.703. The summed E-state index contributed by atoms with van der Waals surface area (Å²) in [5.74, 6) is 0.703. The molecule has 0 unspecified atom stereocenters. The molecule has 0 aliphatic heterocycles. The average Bonchev–Trinajstić information content (AvgIpc) is 2.56. The van der Waals surface area contributed by atoms with E-state index in [-0.39, 0.29) is 0 Å². The zero-order chi connectivity index (χ0) is 16.2. The van der Waals surface area contributed by atoms with Crippen LogP contribution in [0.25, 0.3) is 22.3 Å². The van der Waals surface area contributed by atoms with Gasteiger partial charge in [-0.1, -0.05) is 92.2 Å². The molecule has 0 N–H and O–H groups in total. The summed E-state index contributed by atoms with van der Waals surface area (Å²) in [4.78, 5) is 0. The number of rotatable bonds is 4. The predicted octanol–water partition coefficient (Wildman–Crippen LogP) is 6.53. The third-order valence-electron chi connectivity index (χ3n) is 4.20. The van der Waals surface area contributed by atoms with E-state index in [1.165, 1.54) is 33.4 Å². The van der Waals surface area contributed by atoms with Crippen LogP contribution < -0.4 is 0 Å². The molecule has 0 fully saturated rings. The molecule has 3 rings (SSSR count). The summed E-state index contributed by atoms with van der Waals surface area (Å²) in [5, 5.41) is 0. The Morgan fingerprint density at radius 3 is 1.30 bits per heavy atom. The van der Waals surface area contributed by atoms with Crippen LogP contribution in [0, 0.1) is 12.8 Å². The highest BCUT2D eigenvalue weighted by molar-refractivity contribution is 5.70. The monoisotopic (exact) mass is 300 g/mol. The van der Waals surface area contributed by atoms with Gasteiger partial charge in [-0.15, -0.1) is 0 Å². The molecule has 0 atom stereocenters. The fourth-order valence-corrected chi connectivity index (χ4v) is 2.91. The van der Waals surface area contributed by atoms with Crippen molar-refractivity contribution in [1.82, 2.24) is 0 Å². The summed E-state index contributed by atoms with van der Waals surface area (Å²) < 4.78 is 0. The maximum Gasteiger partial charge on any atom is -0.0184 e. The van der Waals surface area contributed by atoms with Gasteiger partial charge in [0.15, 0.2) is 0 Å². The molecule has 0 amide bonds. The summed E-state index contributed by atoms with van der Waals surface area (Å²) in [6, 6.07) is 26.5. The van der Waals surface area contributed by atoms with Gasteiger partial charge in [-0.25, -0.2) is 0 Å². The van der Waals surface area contributed by atoms with Crippen LogP contribution in [0.3, 0.4) is 0 Å². The van der Waals surface area contributed by atoms with Crippen molar-refractivity contribution in [3.8, 4) is 22.3 Å². The Hall–Kier alpha value is -2.34. The summed E-state index contributed by atoms with van der Waals surface area (Å²) in [7, 11) is 0. The zero-order valence-corrected chi connectivity index (χ0v) is 14.2. The van der Waals surface area contributed by atoms with Gasteiger partial charge in [-0.2, -0.15) is 0 Å². The lowest BCUT2D eigenvalue weighted by molar-refractivity contribution is 0.647. The molecule has 3 aromatic rings. The van der Waals surface area contributed by atoms with E-state index in [0.717, 1.165) is 6.42 Å². The highest BCUT2D eigenvalue weighted by Crippen LogP contribution is 2.25. The first kappa shape index (κ1) is 15.6. The van der Waals surface area contributed by atoms with Crippen LogP contribution >= 0.6 is 0 Å². The summed E-state index contributed by atoms with van der Waals surface area (Å²) in [5.41, 5.74) is 7.82. The van der Waals surface area contributed by atoms with Gasteiger partial charge >= 0.3 is 0 Å². The second kappa shape index (κ2) is 6.83. The second-order valence-electron chi connectivity index (χ2n) is 6.74. The Kier molecular flexibility index (Phi) is 4.62. The van der Waals surface area contributed by atoms with E-state index >= 15 is 0 Å². The smallest absolute Gasteiger partial charge is 0.0184 e. The molecule has 0 heterocycles. The van der Waals surface area contributed by atoms with Crippen LogP contribution in [0.4, 0.5) is 0 Å². The molecule has 0 bridgehead atoms. The van der Waals surface area contributed by atoms with Crippen molar-refractivity contribution in [1.29, 1.82) is 0 Å². The van der Waals surface area contributed by atoms with E-state index in [4.69, 9.17) is 0 Å². The Morgan fingerprint density at radius 1 is 0.565 bits per heavy atom. The topological polar surface area (TPSA) is 0 Å². The van der Waals surface area contributed by atoms with Crippen molar-refractivity contribution in [2.24, 2.45) is 5.92 Å². The van der Waals surface area contributed by atoms with Crippen molar-refractivity contribution in [3.63, 3.8) is 0 Å². The fourth-order valence-electron chi connectivity index (χ4n) is 2.91. The molecular weight excluding hydrogens is 276 g/mol. The van der Waals surface area contributed by atoms with Gasteiger partial charge in [0.25, 0.3) is 0 Å². The average molecular weight is 300 g/mol. The Balaban J connectivity index is 1.80. The summed E-state index contributed by atoms with van der Waals surface area (Å²) in [6.45, 7) is 6.64. The van der Waals surface area contributed by atoms with Crippen LogP contribution in [0.15, 0.2) is 72.8 Å². The minimum absolute atomic E-state index is 0.703. The number of hydrogen-bond donors (Lipinski definition) is 0. The van der Waals surface area contributed by atoms with Gasteiger partial charge in [0.05, 0.1) is 0 Å². The molecule has 0 aliphatic carbocycles. The van der Waals surface area contributed by atoms with Crippen LogP contribution in [-0.2, 0) is 6.42 Å². The van der Waals surface area contributed by atoms with Crippen molar-refractivity contribution in [3.05, 3.63) is 83.9 Å². The van der Waals surface area contributed by atoms with Crippen molar-refractivity contribution < 1.29 is 0 Å². The second-order valence-corrected chi connectivity index (χ2v) is 6.74. The lowest BCUT2D eigenvalue weighted by atomic mass is 9.97. The number of hydrogen-bond acceptors (Lipinski definition) is 0. The molecule has 116 valence electrons. The molecule has 23 heavy (non-hydrogen) atoms. The van der Waals surface area contributed by atoms with E-state index in [1.54, 1.807) is 0 Å². The van der Waals surface area contributed by atoms with Crippen LogP contribution in [0.1, 0.15) is 25.0 Å². The first-order valence-corrected chi connectivity index (χ1v) is 8.38. The van der Waals surface area contributed by atoms with Gasteiger partial charge in [-0.05, 0) is 47.1 Å². The Bertz CT molecular complexity index is 745. The predicted molar refractivity (Wildman–Crippen MR) is 101 cm³/mol. The first-order chi connectivity index (χ1) is 11.1. The standard InChI is InChI=1S/C23H24/c1-17(2)16-19-6-10-21(11-7-19)23-14-12-22(13-15-23)20-8-4-18(3)5-9-20/h4-15,17H,16H2,1-3H3. The number of benzene rings is 3. The van der Waals surface area contributed by atoms with Crippen molar-refractivity contribution in [2.45, 2.75) is 27.2 Å². The summed E-state index contributed by atoms with van der Waals surface area (Å²) >= 11 is 0. The molecule has 0 aliphatic rings. The lowest BCUT2D eigenvalue weighted by Gasteiger charge is -2.08. The molecule has 0 spiro atoms. The third-order valence-corrected chi connectivity index (χ3v) is 4.20. The molecule has 0 saturated carbocycles. The molecule has 3 aromatic carbocycles. The van der Waals surface area contributed by atoms with Crippen molar-refractivity contribution >= 4 is 0 Å². The number of aryl methyl sites for hydroxylation is 1. The maximum absolute atomic E-state index is 2.26. The van der Waals surface area contributed by atoms with Crippen LogP contribution in [0.5, 0.6) is 0 Å². The van der Waals surface area contributed by atoms with Gasteiger partial charge in [-0.3, -0.25) is 0 Å². The van der Waals surface area contributed by atoms with Gasteiger partial charge in [0.1, 0.15) is 0 Å². The van der Waals surface area contributed by atoms with Gasteiger partial charge in [0, 0.05) is 0 Å². The highest BCUT2D eigenvalue weighted by atomic mass is 14.1. The Labute approximate surface area is 139 Å². The maximum atomic E-state index is 2.26. The van der Waals surface area contributed by atoms with Crippen LogP contribution in [-0.4, -0.2) is 0 Å². The zero-order valence-electron chi connectivity index (χ0n) is 14.2. The molecule has 0 radical (unpaired) electrons. The first-order valence-electron chi connectivity index (χ1n) is 8.38. The minimum Gasteiger partial charge on any atom is -0.0625 e. The molecule has 0 aromatic heterocycles. The van der Waals surface area contributed by atoms with E-state index < -0.39 is 0 Å². The molecule has 0 heteroatoms. The van der Waals surface area contributed by atoms with Crippen LogP contribution in [0.2, 0.25) is 0 Å². The van der Waals surface area contributed by atoms with Gasteiger partial charge in [0.2, 0.25) is 0 Å². The molecular formula is C23H24. The molecule has 0 nitrogen and oxygen atoms in total. The Morgan fingerprint density at radius 2 is 0.913 bits per heavy atom. The molecule has 0 saturated heterocycles.